The lowest BCUT2D eigenvalue weighted by atomic mass is 9.96. The quantitative estimate of drug-likeness (QED) is 0.876. The minimum Gasteiger partial charge on any atom is -0.334 e. The fraction of sp³-hybridized carbons (Fsp3) is 0.429. The summed E-state index contributed by atoms with van der Waals surface area (Å²) in [6, 6.07) is 9.17. The third kappa shape index (κ3) is 2.09. The SMILES string of the molecule is CCCN1C(=O)CC(N)C1c1ccccc1C#N. The molecule has 1 aromatic carbocycles. The van der Waals surface area contributed by atoms with Crippen molar-refractivity contribution in [1.29, 1.82) is 5.26 Å². The van der Waals surface area contributed by atoms with Crippen molar-refractivity contribution < 1.29 is 4.79 Å². The summed E-state index contributed by atoms with van der Waals surface area (Å²) in [6.45, 7) is 2.72. The number of likely N-dealkylation sites (tertiary alicyclic amines) is 1. The van der Waals surface area contributed by atoms with E-state index in [1.807, 2.05) is 25.1 Å². The van der Waals surface area contributed by atoms with Gasteiger partial charge in [-0.05, 0) is 18.1 Å². The molecular formula is C14H17N3O. The Hall–Kier alpha value is -1.86. The Balaban J connectivity index is 2.41. The molecule has 0 spiro atoms. The van der Waals surface area contributed by atoms with Crippen molar-refractivity contribution >= 4 is 5.91 Å². The molecule has 94 valence electrons. The van der Waals surface area contributed by atoms with Crippen molar-refractivity contribution in [3.8, 4) is 6.07 Å². The van der Waals surface area contributed by atoms with Crippen molar-refractivity contribution in [2.75, 3.05) is 6.54 Å². The number of nitrogens with zero attached hydrogens (tertiary/aromatic N) is 2. The fourth-order valence-corrected chi connectivity index (χ4v) is 2.58. The second kappa shape index (κ2) is 5.19. The molecule has 4 nitrogen and oxygen atoms in total. The number of nitrogens with two attached hydrogens (primary N) is 1. The van der Waals surface area contributed by atoms with Crippen LogP contribution in [-0.2, 0) is 4.79 Å². The first-order chi connectivity index (χ1) is 8.69. The Labute approximate surface area is 107 Å². The number of nitriles is 1. The average molecular weight is 243 g/mol. The van der Waals surface area contributed by atoms with Crippen LogP contribution in [-0.4, -0.2) is 23.4 Å². The molecule has 2 atom stereocenters. The summed E-state index contributed by atoms with van der Waals surface area (Å²) >= 11 is 0. The standard InChI is InChI=1S/C14H17N3O/c1-2-7-17-13(18)8-12(16)14(17)11-6-4-3-5-10(11)9-15/h3-6,12,14H,2,7-8,16H2,1H3. The number of hydrogen-bond donors (Lipinski definition) is 1. The lowest BCUT2D eigenvalue weighted by Crippen LogP contribution is -2.34. The third-order valence-electron chi connectivity index (χ3n) is 3.34. The highest BCUT2D eigenvalue weighted by molar-refractivity contribution is 5.80. The fourth-order valence-electron chi connectivity index (χ4n) is 2.58. The number of carbonyl (C=O) groups excluding carboxylic acids is 1. The minimum absolute atomic E-state index is 0.0853. The van der Waals surface area contributed by atoms with Gasteiger partial charge in [-0.2, -0.15) is 5.26 Å². The van der Waals surface area contributed by atoms with E-state index in [1.165, 1.54) is 0 Å². The second-order valence-electron chi connectivity index (χ2n) is 4.60. The largest absolute Gasteiger partial charge is 0.334 e. The summed E-state index contributed by atoms with van der Waals surface area (Å²) in [5.74, 6) is 0.0853. The Bertz CT molecular complexity index is 492. The van der Waals surface area contributed by atoms with E-state index in [4.69, 9.17) is 11.0 Å². The van der Waals surface area contributed by atoms with Crippen LogP contribution in [0.15, 0.2) is 24.3 Å². The van der Waals surface area contributed by atoms with Crippen LogP contribution in [0.25, 0.3) is 0 Å². The first-order valence-corrected chi connectivity index (χ1v) is 6.23. The molecule has 2 N–H and O–H groups in total. The van der Waals surface area contributed by atoms with Crippen LogP contribution < -0.4 is 5.73 Å². The van der Waals surface area contributed by atoms with E-state index in [9.17, 15) is 4.79 Å². The molecule has 1 aromatic rings. The van der Waals surface area contributed by atoms with Crippen molar-refractivity contribution in [3.05, 3.63) is 35.4 Å². The smallest absolute Gasteiger partial charge is 0.224 e. The first kappa shape index (κ1) is 12.6. The van der Waals surface area contributed by atoms with E-state index >= 15 is 0 Å². The summed E-state index contributed by atoms with van der Waals surface area (Å²) < 4.78 is 0. The second-order valence-corrected chi connectivity index (χ2v) is 4.60. The Morgan fingerprint density at radius 2 is 2.22 bits per heavy atom. The van der Waals surface area contributed by atoms with E-state index in [0.29, 0.717) is 18.5 Å². The summed E-state index contributed by atoms with van der Waals surface area (Å²) in [5, 5.41) is 9.15. The van der Waals surface area contributed by atoms with E-state index in [-0.39, 0.29) is 18.0 Å². The molecule has 0 aliphatic carbocycles. The molecule has 2 unspecified atom stereocenters. The summed E-state index contributed by atoms with van der Waals surface area (Å²) in [7, 11) is 0. The molecule has 0 saturated carbocycles. The van der Waals surface area contributed by atoms with Crippen LogP contribution in [0, 0.1) is 11.3 Å². The van der Waals surface area contributed by atoms with Crippen molar-refractivity contribution in [3.63, 3.8) is 0 Å². The number of benzene rings is 1. The van der Waals surface area contributed by atoms with Crippen LogP contribution in [0.4, 0.5) is 0 Å². The summed E-state index contributed by atoms with van der Waals surface area (Å²) in [4.78, 5) is 13.7. The highest BCUT2D eigenvalue weighted by Gasteiger charge is 2.38. The molecule has 1 saturated heterocycles. The van der Waals surface area contributed by atoms with Crippen molar-refractivity contribution in [2.45, 2.75) is 31.8 Å². The molecule has 0 bridgehead atoms. The topological polar surface area (TPSA) is 70.1 Å². The van der Waals surface area contributed by atoms with Gasteiger partial charge in [0, 0.05) is 19.0 Å². The molecule has 18 heavy (non-hydrogen) atoms. The normalized spacial score (nSPS) is 23.2. The molecule has 1 heterocycles. The van der Waals surface area contributed by atoms with Crippen LogP contribution >= 0.6 is 0 Å². The highest BCUT2D eigenvalue weighted by atomic mass is 16.2. The first-order valence-electron chi connectivity index (χ1n) is 6.23. The summed E-state index contributed by atoms with van der Waals surface area (Å²) in [5.41, 5.74) is 7.55. The van der Waals surface area contributed by atoms with Gasteiger partial charge in [-0.3, -0.25) is 4.79 Å². The molecule has 0 radical (unpaired) electrons. The molecule has 1 aliphatic rings. The monoisotopic (exact) mass is 243 g/mol. The molecular weight excluding hydrogens is 226 g/mol. The van der Waals surface area contributed by atoms with Crippen molar-refractivity contribution in [2.24, 2.45) is 5.73 Å². The van der Waals surface area contributed by atoms with Crippen LogP contribution in [0.2, 0.25) is 0 Å². The molecule has 1 amide bonds. The van der Waals surface area contributed by atoms with Crippen LogP contribution in [0.3, 0.4) is 0 Å². The Kier molecular flexibility index (Phi) is 3.63. The summed E-state index contributed by atoms with van der Waals surface area (Å²) in [6.07, 6.45) is 1.26. The number of rotatable bonds is 3. The van der Waals surface area contributed by atoms with E-state index in [2.05, 4.69) is 6.07 Å². The van der Waals surface area contributed by atoms with Crippen molar-refractivity contribution in [1.82, 2.24) is 4.90 Å². The predicted octanol–water partition coefficient (Wildman–Crippen LogP) is 1.57. The lowest BCUT2D eigenvalue weighted by Gasteiger charge is -2.27. The maximum absolute atomic E-state index is 11.9. The van der Waals surface area contributed by atoms with Crippen LogP contribution in [0.1, 0.15) is 36.9 Å². The third-order valence-corrected chi connectivity index (χ3v) is 3.34. The lowest BCUT2D eigenvalue weighted by molar-refractivity contribution is -0.129. The van der Waals surface area contributed by atoms with Gasteiger partial charge in [0.25, 0.3) is 0 Å². The van der Waals surface area contributed by atoms with Gasteiger partial charge in [-0.15, -0.1) is 0 Å². The Morgan fingerprint density at radius 3 is 2.89 bits per heavy atom. The number of amides is 1. The van der Waals surface area contributed by atoms with Crippen LogP contribution in [0.5, 0.6) is 0 Å². The van der Waals surface area contributed by atoms with Gasteiger partial charge >= 0.3 is 0 Å². The predicted molar refractivity (Wildman–Crippen MR) is 68.5 cm³/mol. The van der Waals surface area contributed by atoms with Gasteiger partial charge in [-0.25, -0.2) is 0 Å². The molecule has 0 aromatic heterocycles. The van der Waals surface area contributed by atoms with Gasteiger partial charge in [0.05, 0.1) is 17.7 Å². The molecule has 4 heteroatoms. The van der Waals surface area contributed by atoms with E-state index in [0.717, 1.165) is 12.0 Å². The average Bonchev–Trinajstić information content (AvgIpc) is 2.65. The van der Waals surface area contributed by atoms with E-state index < -0.39 is 0 Å². The molecule has 1 fully saturated rings. The minimum atomic E-state index is -0.224. The zero-order valence-electron chi connectivity index (χ0n) is 10.5. The van der Waals surface area contributed by atoms with Gasteiger partial charge in [-0.1, -0.05) is 25.1 Å². The van der Waals surface area contributed by atoms with Gasteiger partial charge < -0.3 is 10.6 Å². The highest BCUT2D eigenvalue weighted by Crippen LogP contribution is 2.33. The van der Waals surface area contributed by atoms with Gasteiger partial charge in [0.2, 0.25) is 5.91 Å². The number of hydrogen-bond acceptors (Lipinski definition) is 3. The maximum Gasteiger partial charge on any atom is 0.224 e. The zero-order valence-corrected chi connectivity index (χ0v) is 10.5. The van der Waals surface area contributed by atoms with Gasteiger partial charge in [0.15, 0.2) is 0 Å². The number of carbonyl (C=O) groups is 1. The van der Waals surface area contributed by atoms with Gasteiger partial charge in [0.1, 0.15) is 0 Å². The van der Waals surface area contributed by atoms with E-state index in [1.54, 1.807) is 11.0 Å². The Morgan fingerprint density at radius 1 is 1.50 bits per heavy atom. The molecule has 2 rings (SSSR count). The maximum atomic E-state index is 11.9. The molecule has 1 aliphatic heterocycles. The zero-order chi connectivity index (χ0) is 13.1.